The summed E-state index contributed by atoms with van der Waals surface area (Å²) in [5, 5.41) is 13.4. The number of benzene rings is 1. The highest BCUT2D eigenvalue weighted by Crippen LogP contribution is 2.41. The van der Waals surface area contributed by atoms with Gasteiger partial charge in [0, 0.05) is 31.5 Å². The minimum absolute atomic E-state index is 0. The van der Waals surface area contributed by atoms with Gasteiger partial charge < -0.3 is 14.6 Å². The molecule has 0 spiro atoms. The highest BCUT2D eigenvalue weighted by atomic mass is 35.5. The summed E-state index contributed by atoms with van der Waals surface area (Å²) in [5.41, 5.74) is 0.750. The largest absolute Gasteiger partial charge is 0.497 e. The molecule has 8 nitrogen and oxygen atoms in total. The number of nitrogens with zero attached hydrogens (tertiary/aromatic N) is 1. The second-order valence-corrected chi connectivity index (χ2v) is 10.4. The average Bonchev–Trinajstić information content (AvgIpc) is 2.84. The van der Waals surface area contributed by atoms with Gasteiger partial charge in [-0.3, -0.25) is 10.3 Å². The summed E-state index contributed by atoms with van der Waals surface area (Å²) in [5.74, 6) is -1.52. The first-order valence-electron chi connectivity index (χ1n) is 11.2. The lowest BCUT2D eigenvalue weighted by Crippen LogP contribution is -2.63. The van der Waals surface area contributed by atoms with E-state index in [0.29, 0.717) is 38.0 Å². The van der Waals surface area contributed by atoms with Crippen molar-refractivity contribution in [3.8, 4) is 5.75 Å². The maximum Gasteiger partial charge on any atom is 0.340 e. The molecule has 34 heavy (non-hydrogen) atoms. The van der Waals surface area contributed by atoms with Crippen LogP contribution in [0.5, 0.6) is 5.75 Å². The zero-order valence-electron chi connectivity index (χ0n) is 19.5. The smallest absolute Gasteiger partial charge is 0.340 e. The van der Waals surface area contributed by atoms with E-state index in [1.807, 2.05) is 6.92 Å². The number of rotatable bonds is 11. The number of hydrogen-bond donors (Lipinski definition) is 2. The molecule has 1 aromatic carbocycles. The number of nitrogens with one attached hydrogen (secondary N) is 1. The van der Waals surface area contributed by atoms with E-state index in [4.69, 9.17) is 9.47 Å². The quantitative estimate of drug-likeness (QED) is 0.466. The Morgan fingerprint density at radius 3 is 2.26 bits per heavy atom. The molecule has 2 aromatic rings. The van der Waals surface area contributed by atoms with Crippen molar-refractivity contribution in [2.75, 3.05) is 13.7 Å². The summed E-state index contributed by atoms with van der Waals surface area (Å²) in [6, 6.07) is 9.31. The molecule has 10 heteroatoms. The number of aromatic nitrogens is 1. The minimum Gasteiger partial charge on any atom is -0.497 e. The molecule has 0 bridgehead atoms. The first-order valence-corrected chi connectivity index (χ1v) is 12.7. The van der Waals surface area contributed by atoms with Crippen LogP contribution in [0.1, 0.15) is 44.6 Å². The van der Waals surface area contributed by atoms with Crippen LogP contribution < -0.4 is 10.1 Å². The van der Waals surface area contributed by atoms with Gasteiger partial charge in [-0.1, -0.05) is 6.92 Å². The van der Waals surface area contributed by atoms with Crippen molar-refractivity contribution in [2.45, 2.75) is 61.4 Å². The van der Waals surface area contributed by atoms with Crippen LogP contribution in [-0.2, 0) is 25.9 Å². The standard InChI is InChI=1S/C24H32N2O6S.ClH/c1-3-16-32-21-6-4-19(5-7-21)24(23(27)28,26-17-18-12-14-25-15-13-18)33(29,30)22-10-8-20(31-2)9-11-22;/h8-15,19,21,26H,3-7,16-17H2,1-2H3,(H,27,28);1H/t19?,21?,24-;/m1./s1. The normalized spacial score (nSPS) is 20.1. The van der Waals surface area contributed by atoms with Gasteiger partial charge in [-0.05, 0) is 74.1 Å². The van der Waals surface area contributed by atoms with Crippen LogP contribution in [0.4, 0.5) is 0 Å². The molecular weight excluding hydrogens is 480 g/mol. The summed E-state index contributed by atoms with van der Waals surface area (Å²) in [7, 11) is -2.83. The van der Waals surface area contributed by atoms with Crippen LogP contribution in [0.25, 0.3) is 0 Å². The number of pyridine rings is 1. The molecule has 188 valence electrons. The third-order valence-corrected chi connectivity index (χ3v) is 8.62. The number of methoxy groups -OCH3 is 1. The Morgan fingerprint density at radius 2 is 1.74 bits per heavy atom. The maximum atomic E-state index is 13.9. The summed E-state index contributed by atoms with van der Waals surface area (Å²) in [6.45, 7) is 2.76. The van der Waals surface area contributed by atoms with E-state index in [1.165, 1.54) is 31.4 Å². The first kappa shape index (κ1) is 28.0. The third kappa shape index (κ3) is 5.89. The Balaban J connectivity index is 0.00000408. The molecular formula is C24H33ClN2O6S. The molecule has 1 saturated carbocycles. The topological polar surface area (TPSA) is 115 Å². The van der Waals surface area contributed by atoms with E-state index < -0.39 is 26.6 Å². The van der Waals surface area contributed by atoms with Gasteiger partial charge in [0.15, 0.2) is 0 Å². The molecule has 0 unspecified atom stereocenters. The molecule has 1 heterocycles. The minimum atomic E-state index is -4.31. The van der Waals surface area contributed by atoms with Crippen LogP contribution in [0.3, 0.4) is 0 Å². The SMILES string of the molecule is CCCOC1CCC([C@](NCc2ccncc2)(C(=O)O)S(=O)(=O)c2ccc(OC)cc2)CC1.Cl. The van der Waals surface area contributed by atoms with Crippen molar-refractivity contribution in [2.24, 2.45) is 5.92 Å². The Bertz CT molecular complexity index is 1010. The third-order valence-electron chi connectivity index (χ3n) is 6.22. The van der Waals surface area contributed by atoms with Gasteiger partial charge in [0.25, 0.3) is 0 Å². The number of carboxylic acid groups (broad SMARTS) is 1. The predicted molar refractivity (Wildman–Crippen MR) is 131 cm³/mol. The van der Waals surface area contributed by atoms with E-state index >= 15 is 0 Å². The lowest BCUT2D eigenvalue weighted by atomic mass is 9.81. The highest BCUT2D eigenvalue weighted by Gasteiger charge is 2.57. The molecule has 1 aliphatic rings. The van der Waals surface area contributed by atoms with E-state index in [9.17, 15) is 18.3 Å². The second kappa shape index (κ2) is 12.5. The van der Waals surface area contributed by atoms with Gasteiger partial charge in [-0.25, -0.2) is 13.2 Å². The molecule has 2 N–H and O–H groups in total. The Morgan fingerprint density at radius 1 is 1.12 bits per heavy atom. The van der Waals surface area contributed by atoms with Gasteiger partial charge >= 0.3 is 5.97 Å². The van der Waals surface area contributed by atoms with Gasteiger partial charge in [0.2, 0.25) is 14.7 Å². The lowest BCUT2D eigenvalue weighted by molar-refractivity contribution is -0.144. The summed E-state index contributed by atoms with van der Waals surface area (Å²) in [4.78, 5) is 14.6. The predicted octanol–water partition coefficient (Wildman–Crippen LogP) is 3.84. The van der Waals surface area contributed by atoms with Crippen LogP contribution in [0.2, 0.25) is 0 Å². The zero-order chi connectivity index (χ0) is 23.9. The first-order chi connectivity index (χ1) is 15.8. The van der Waals surface area contributed by atoms with E-state index in [-0.39, 0.29) is 30.0 Å². The summed E-state index contributed by atoms with van der Waals surface area (Å²) >= 11 is 0. The van der Waals surface area contributed by atoms with Crippen molar-refractivity contribution in [1.29, 1.82) is 0 Å². The molecule has 0 aliphatic heterocycles. The maximum absolute atomic E-state index is 13.9. The lowest BCUT2D eigenvalue weighted by Gasteiger charge is -2.41. The van der Waals surface area contributed by atoms with Crippen molar-refractivity contribution in [3.63, 3.8) is 0 Å². The zero-order valence-corrected chi connectivity index (χ0v) is 21.1. The fourth-order valence-electron chi connectivity index (χ4n) is 4.42. The van der Waals surface area contributed by atoms with Crippen molar-refractivity contribution >= 4 is 28.2 Å². The van der Waals surface area contributed by atoms with Crippen LogP contribution in [-0.4, -0.2) is 49.2 Å². The van der Waals surface area contributed by atoms with Crippen molar-refractivity contribution in [1.82, 2.24) is 10.3 Å². The fraction of sp³-hybridized carbons (Fsp3) is 0.500. The number of halogens is 1. The van der Waals surface area contributed by atoms with Gasteiger partial charge in [-0.2, -0.15) is 0 Å². The number of ether oxygens (including phenoxy) is 2. The Kier molecular flexibility index (Phi) is 10.3. The summed E-state index contributed by atoms with van der Waals surface area (Å²) < 4.78 is 38.9. The molecule has 1 fully saturated rings. The molecule has 3 rings (SSSR count). The van der Waals surface area contributed by atoms with E-state index in [0.717, 1.165) is 12.0 Å². The number of carbonyl (C=O) groups is 1. The fourth-order valence-corrected chi connectivity index (χ4v) is 6.45. The second-order valence-electron chi connectivity index (χ2n) is 8.27. The van der Waals surface area contributed by atoms with Gasteiger partial charge in [0.1, 0.15) is 5.75 Å². The summed E-state index contributed by atoms with van der Waals surface area (Å²) in [6.07, 6.45) is 6.21. The molecule has 0 radical (unpaired) electrons. The van der Waals surface area contributed by atoms with Crippen molar-refractivity contribution < 1.29 is 27.8 Å². The average molecular weight is 513 g/mol. The van der Waals surface area contributed by atoms with E-state index in [2.05, 4.69) is 10.3 Å². The molecule has 0 amide bonds. The molecule has 1 aromatic heterocycles. The number of aliphatic carboxylic acids is 1. The number of sulfone groups is 1. The Hall–Kier alpha value is -2.20. The number of hydrogen-bond acceptors (Lipinski definition) is 7. The molecule has 0 saturated heterocycles. The number of carboxylic acids is 1. The van der Waals surface area contributed by atoms with Gasteiger partial charge in [-0.15, -0.1) is 12.4 Å². The van der Waals surface area contributed by atoms with Crippen LogP contribution in [0, 0.1) is 5.92 Å². The monoisotopic (exact) mass is 512 g/mol. The Labute approximate surface area is 207 Å². The molecule has 1 atom stereocenters. The van der Waals surface area contributed by atoms with Crippen LogP contribution >= 0.6 is 12.4 Å². The molecule has 1 aliphatic carbocycles. The highest BCUT2D eigenvalue weighted by molar-refractivity contribution is 7.93. The van der Waals surface area contributed by atoms with Crippen LogP contribution in [0.15, 0.2) is 53.7 Å². The van der Waals surface area contributed by atoms with E-state index in [1.54, 1.807) is 24.5 Å². The van der Waals surface area contributed by atoms with Gasteiger partial charge in [0.05, 0.1) is 18.1 Å². The van der Waals surface area contributed by atoms with Crippen molar-refractivity contribution in [3.05, 3.63) is 54.4 Å².